The highest BCUT2D eigenvalue weighted by molar-refractivity contribution is 5.73. The predicted octanol–water partition coefficient (Wildman–Crippen LogP) is 0.525. The first-order valence-corrected chi connectivity index (χ1v) is 4.49. The maximum Gasteiger partial charge on any atom is 0.346 e. The monoisotopic (exact) mass is 244 g/mol. The zero-order valence-corrected chi connectivity index (χ0v) is 8.50. The first-order chi connectivity index (χ1) is 7.95. The van der Waals surface area contributed by atoms with Crippen molar-refractivity contribution in [2.45, 2.75) is 6.10 Å². The van der Waals surface area contributed by atoms with Crippen LogP contribution in [0.2, 0.25) is 0 Å². The number of nitro benzene ring substituents is 1. The van der Waals surface area contributed by atoms with Gasteiger partial charge < -0.3 is 15.6 Å². The van der Waals surface area contributed by atoms with Crippen LogP contribution in [0.4, 0.5) is 10.1 Å². The summed E-state index contributed by atoms with van der Waals surface area (Å²) in [6.45, 7) is -0.298. The number of hydrogen-bond acceptors (Lipinski definition) is 5. The highest BCUT2D eigenvalue weighted by atomic mass is 19.1. The van der Waals surface area contributed by atoms with Crippen molar-refractivity contribution in [3.05, 3.63) is 34.1 Å². The van der Waals surface area contributed by atoms with Crippen LogP contribution in [-0.2, 0) is 4.79 Å². The second-order valence-corrected chi connectivity index (χ2v) is 3.05. The number of nitrogens with zero attached hydrogens (tertiary/aromatic N) is 1. The minimum absolute atomic E-state index is 0.133. The number of rotatable bonds is 5. The summed E-state index contributed by atoms with van der Waals surface area (Å²) in [6, 6.07) is 2.73. The van der Waals surface area contributed by atoms with E-state index in [0.717, 1.165) is 18.2 Å². The number of halogens is 1. The summed E-state index contributed by atoms with van der Waals surface area (Å²) in [6.07, 6.45) is -1.32. The van der Waals surface area contributed by atoms with Crippen molar-refractivity contribution >= 4 is 11.7 Å². The Morgan fingerprint density at radius 1 is 1.65 bits per heavy atom. The van der Waals surface area contributed by atoms with Gasteiger partial charge in [-0.25, -0.2) is 4.79 Å². The summed E-state index contributed by atoms with van der Waals surface area (Å²) in [4.78, 5) is 20.0. The number of aliphatic carboxylic acids is 1. The summed E-state index contributed by atoms with van der Waals surface area (Å²) >= 11 is 0. The van der Waals surface area contributed by atoms with Gasteiger partial charge in [0.25, 0.3) is 0 Å². The average molecular weight is 244 g/mol. The molecule has 0 heterocycles. The third-order valence-electron chi connectivity index (χ3n) is 1.88. The van der Waals surface area contributed by atoms with E-state index < -0.39 is 28.5 Å². The molecule has 1 atom stereocenters. The Bertz CT molecular complexity index is 451. The molecule has 1 unspecified atom stereocenters. The summed E-state index contributed by atoms with van der Waals surface area (Å²) in [5.74, 6) is -2.54. The lowest BCUT2D eigenvalue weighted by atomic mass is 10.3. The topological polar surface area (TPSA) is 116 Å². The van der Waals surface area contributed by atoms with Gasteiger partial charge in [-0.3, -0.25) is 10.1 Å². The number of carboxylic acids is 1. The van der Waals surface area contributed by atoms with Crippen molar-refractivity contribution in [2.24, 2.45) is 5.73 Å². The molecule has 1 rings (SSSR count). The van der Waals surface area contributed by atoms with E-state index in [1.165, 1.54) is 0 Å². The molecule has 0 saturated heterocycles. The molecule has 0 amide bonds. The maximum atomic E-state index is 13.2. The van der Waals surface area contributed by atoms with Crippen LogP contribution in [-0.4, -0.2) is 28.6 Å². The molecular formula is C9H9FN2O5. The Morgan fingerprint density at radius 3 is 2.71 bits per heavy atom. The Morgan fingerprint density at radius 2 is 2.29 bits per heavy atom. The van der Waals surface area contributed by atoms with Gasteiger partial charge >= 0.3 is 11.7 Å². The van der Waals surface area contributed by atoms with E-state index in [2.05, 4.69) is 0 Å². The normalized spacial score (nSPS) is 11.9. The van der Waals surface area contributed by atoms with E-state index in [-0.39, 0.29) is 12.3 Å². The lowest BCUT2D eigenvalue weighted by Crippen LogP contribution is -2.34. The molecule has 8 heteroatoms. The van der Waals surface area contributed by atoms with Gasteiger partial charge in [-0.2, -0.15) is 4.39 Å². The maximum absolute atomic E-state index is 13.2. The second kappa shape index (κ2) is 5.21. The number of nitrogens with two attached hydrogens (primary N) is 1. The van der Waals surface area contributed by atoms with E-state index in [1.807, 2.05) is 0 Å². The second-order valence-electron chi connectivity index (χ2n) is 3.05. The van der Waals surface area contributed by atoms with E-state index in [9.17, 15) is 19.3 Å². The van der Waals surface area contributed by atoms with Crippen LogP contribution in [0.25, 0.3) is 0 Å². The van der Waals surface area contributed by atoms with Gasteiger partial charge in [0, 0.05) is 18.7 Å². The molecule has 1 aromatic rings. The van der Waals surface area contributed by atoms with Crippen molar-refractivity contribution in [1.29, 1.82) is 0 Å². The van der Waals surface area contributed by atoms with Gasteiger partial charge in [-0.05, 0) is 6.07 Å². The SMILES string of the molecule is NCC(Oc1ccc([N+](=O)[O-])c(F)c1)C(=O)O. The standard InChI is InChI=1S/C9H9FN2O5/c10-6-3-5(1-2-7(6)12(15)16)17-8(4-11)9(13)14/h1-3,8H,4,11H2,(H,13,14). The zero-order valence-electron chi connectivity index (χ0n) is 8.50. The van der Waals surface area contributed by atoms with Gasteiger partial charge in [0.2, 0.25) is 11.9 Å². The highest BCUT2D eigenvalue weighted by Crippen LogP contribution is 2.22. The molecule has 17 heavy (non-hydrogen) atoms. The van der Waals surface area contributed by atoms with Crippen molar-refractivity contribution in [3.8, 4) is 5.75 Å². The number of hydrogen-bond donors (Lipinski definition) is 2. The van der Waals surface area contributed by atoms with Crippen molar-refractivity contribution in [3.63, 3.8) is 0 Å². The van der Waals surface area contributed by atoms with Gasteiger partial charge in [0.1, 0.15) is 5.75 Å². The number of carboxylic acid groups (broad SMARTS) is 1. The first-order valence-electron chi connectivity index (χ1n) is 4.49. The van der Waals surface area contributed by atoms with Crippen LogP contribution < -0.4 is 10.5 Å². The molecule has 0 aliphatic heterocycles. The first kappa shape index (κ1) is 12.8. The van der Waals surface area contributed by atoms with Crippen LogP contribution >= 0.6 is 0 Å². The van der Waals surface area contributed by atoms with Crippen LogP contribution in [0.1, 0.15) is 0 Å². The molecule has 0 aromatic heterocycles. The van der Waals surface area contributed by atoms with Gasteiger partial charge in [-0.15, -0.1) is 0 Å². The van der Waals surface area contributed by atoms with Crippen molar-refractivity contribution < 1.29 is 24.0 Å². The molecule has 0 aliphatic carbocycles. The number of nitro groups is 1. The van der Waals surface area contributed by atoms with Crippen LogP contribution in [0, 0.1) is 15.9 Å². The van der Waals surface area contributed by atoms with Crippen molar-refractivity contribution in [2.75, 3.05) is 6.54 Å². The summed E-state index contributed by atoms with van der Waals surface area (Å²) < 4.78 is 18.0. The van der Waals surface area contributed by atoms with Gasteiger partial charge in [-0.1, -0.05) is 0 Å². The van der Waals surface area contributed by atoms with Crippen LogP contribution in [0.15, 0.2) is 18.2 Å². The van der Waals surface area contributed by atoms with Gasteiger partial charge in [0.15, 0.2) is 0 Å². The quantitative estimate of drug-likeness (QED) is 0.576. The largest absolute Gasteiger partial charge is 0.478 e. The molecule has 0 aliphatic rings. The fraction of sp³-hybridized carbons (Fsp3) is 0.222. The Kier molecular flexibility index (Phi) is 3.94. The Hall–Kier alpha value is -2.22. The average Bonchev–Trinajstić information content (AvgIpc) is 2.24. The zero-order chi connectivity index (χ0) is 13.0. The molecule has 7 nitrogen and oxygen atoms in total. The fourth-order valence-electron chi connectivity index (χ4n) is 1.07. The smallest absolute Gasteiger partial charge is 0.346 e. The predicted molar refractivity (Wildman–Crippen MR) is 54.2 cm³/mol. The highest BCUT2D eigenvalue weighted by Gasteiger charge is 2.19. The lowest BCUT2D eigenvalue weighted by molar-refractivity contribution is -0.387. The molecule has 3 N–H and O–H groups in total. The Labute approximate surface area is 94.8 Å². The molecule has 0 saturated carbocycles. The summed E-state index contributed by atoms with van der Waals surface area (Å²) in [7, 11) is 0. The minimum atomic E-state index is -1.32. The summed E-state index contributed by atoms with van der Waals surface area (Å²) in [5.41, 5.74) is 4.42. The number of ether oxygens (including phenoxy) is 1. The molecular weight excluding hydrogens is 235 g/mol. The fourth-order valence-corrected chi connectivity index (χ4v) is 1.07. The van der Waals surface area contributed by atoms with Crippen molar-refractivity contribution in [1.82, 2.24) is 0 Å². The molecule has 0 fully saturated rings. The van der Waals surface area contributed by atoms with E-state index in [0.29, 0.717) is 0 Å². The molecule has 92 valence electrons. The van der Waals surface area contributed by atoms with Crippen LogP contribution in [0.3, 0.4) is 0 Å². The third-order valence-corrected chi connectivity index (χ3v) is 1.88. The molecule has 1 aromatic carbocycles. The summed E-state index contributed by atoms with van der Waals surface area (Å²) in [5, 5.41) is 19.0. The molecule has 0 bridgehead atoms. The molecule has 0 radical (unpaired) electrons. The minimum Gasteiger partial charge on any atom is -0.478 e. The van der Waals surface area contributed by atoms with Crippen LogP contribution in [0.5, 0.6) is 5.75 Å². The number of benzene rings is 1. The number of carbonyl (C=O) groups is 1. The van der Waals surface area contributed by atoms with E-state index in [4.69, 9.17) is 15.6 Å². The van der Waals surface area contributed by atoms with E-state index >= 15 is 0 Å². The van der Waals surface area contributed by atoms with Gasteiger partial charge in [0.05, 0.1) is 4.92 Å². The third kappa shape index (κ3) is 3.11. The molecule has 0 spiro atoms. The Balaban J connectivity index is 2.90. The lowest BCUT2D eigenvalue weighted by Gasteiger charge is -2.12. The van der Waals surface area contributed by atoms with E-state index in [1.54, 1.807) is 0 Å².